The Balaban J connectivity index is 2.82. The predicted octanol–water partition coefficient (Wildman–Crippen LogP) is 4.30. The molecule has 1 aromatic carbocycles. The van der Waals surface area contributed by atoms with Gasteiger partial charge in [-0.25, -0.2) is 0 Å². The molecule has 4 heteroatoms. The first-order valence-electron chi connectivity index (χ1n) is 4.07. The Hall–Kier alpha value is -0.440. The third-order valence-electron chi connectivity index (χ3n) is 2.07. The van der Waals surface area contributed by atoms with Crippen molar-refractivity contribution in [3.63, 3.8) is 0 Å². The number of ether oxygens (including phenoxy) is 1. The zero-order valence-corrected chi connectivity index (χ0v) is 9.84. The fraction of sp³-hybridized carbons (Fsp3) is 0.200. The van der Waals surface area contributed by atoms with Crippen LogP contribution in [0.3, 0.4) is 0 Å². The van der Waals surface area contributed by atoms with Crippen LogP contribution in [0.15, 0.2) is 18.2 Å². The molecule has 0 spiro atoms. The molecule has 2 rings (SSSR count). The Kier molecular flexibility index (Phi) is 2.86. The number of alkyl halides is 1. The summed E-state index contributed by atoms with van der Waals surface area (Å²) in [7, 11) is 1.62. The molecule has 0 saturated carbocycles. The van der Waals surface area contributed by atoms with Crippen LogP contribution in [-0.2, 0) is 5.88 Å². The highest BCUT2D eigenvalue weighted by molar-refractivity contribution is 7.23. The van der Waals surface area contributed by atoms with Gasteiger partial charge in [0.25, 0.3) is 0 Å². The largest absolute Gasteiger partial charge is 0.494 e. The standard InChI is InChI=1S/C10H8Cl2OS/c1-13-9-8-6(5-11)3-2-4-7(8)14-10(9)12/h2-4H,5H2,1H3. The van der Waals surface area contributed by atoms with Crippen molar-refractivity contribution in [3.8, 4) is 5.75 Å². The van der Waals surface area contributed by atoms with E-state index in [2.05, 4.69) is 0 Å². The zero-order chi connectivity index (χ0) is 10.1. The molecule has 0 aliphatic heterocycles. The van der Waals surface area contributed by atoms with Gasteiger partial charge in [0, 0.05) is 16.0 Å². The maximum Gasteiger partial charge on any atom is 0.156 e. The van der Waals surface area contributed by atoms with Gasteiger partial charge in [-0.2, -0.15) is 0 Å². The van der Waals surface area contributed by atoms with Gasteiger partial charge in [-0.15, -0.1) is 22.9 Å². The van der Waals surface area contributed by atoms with E-state index >= 15 is 0 Å². The molecule has 14 heavy (non-hydrogen) atoms. The first-order chi connectivity index (χ1) is 6.77. The SMILES string of the molecule is COc1c(Cl)sc2cccc(CCl)c12. The van der Waals surface area contributed by atoms with Crippen molar-refractivity contribution in [1.82, 2.24) is 0 Å². The van der Waals surface area contributed by atoms with Crippen LogP contribution in [-0.4, -0.2) is 7.11 Å². The summed E-state index contributed by atoms with van der Waals surface area (Å²) in [5.41, 5.74) is 1.06. The van der Waals surface area contributed by atoms with Gasteiger partial charge in [0.05, 0.1) is 7.11 Å². The average Bonchev–Trinajstić information content (AvgIpc) is 2.52. The van der Waals surface area contributed by atoms with E-state index in [1.807, 2.05) is 18.2 Å². The summed E-state index contributed by atoms with van der Waals surface area (Å²) in [5, 5.41) is 1.04. The van der Waals surface area contributed by atoms with Gasteiger partial charge in [0.15, 0.2) is 5.75 Å². The first-order valence-corrected chi connectivity index (χ1v) is 5.80. The first kappa shape index (κ1) is 10.1. The van der Waals surface area contributed by atoms with E-state index in [-0.39, 0.29) is 0 Å². The summed E-state index contributed by atoms with van der Waals surface area (Å²) in [6.07, 6.45) is 0. The number of thiophene rings is 1. The van der Waals surface area contributed by atoms with E-state index in [4.69, 9.17) is 27.9 Å². The van der Waals surface area contributed by atoms with Crippen molar-refractivity contribution in [3.05, 3.63) is 28.1 Å². The van der Waals surface area contributed by atoms with Gasteiger partial charge < -0.3 is 4.74 Å². The van der Waals surface area contributed by atoms with Crippen LogP contribution in [0.1, 0.15) is 5.56 Å². The van der Waals surface area contributed by atoms with Crippen molar-refractivity contribution >= 4 is 44.6 Å². The van der Waals surface area contributed by atoms with E-state index in [1.54, 1.807) is 7.11 Å². The number of fused-ring (bicyclic) bond motifs is 1. The highest BCUT2D eigenvalue weighted by Crippen LogP contribution is 2.43. The number of rotatable bonds is 2. The molecule has 0 amide bonds. The molecule has 0 bridgehead atoms. The second kappa shape index (κ2) is 3.97. The van der Waals surface area contributed by atoms with E-state index < -0.39 is 0 Å². The molecule has 0 radical (unpaired) electrons. The van der Waals surface area contributed by atoms with Crippen molar-refractivity contribution in [2.75, 3.05) is 7.11 Å². The fourth-order valence-electron chi connectivity index (χ4n) is 1.45. The normalized spacial score (nSPS) is 10.8. The monoisotopic (exact) mass is 246 g/mol. The van der Waals surface area contributed by atoms with Crippen LogP contribution in [0.2, 0.25) is 4.34 Å². The molecule has 0 unspecified atom stereocenters. The lowest BCUT2D eigenvalue weighted by molar-refractivity contribution is 0.421. The number of hydrogen-bond acceptors (Lipinski definition) is 2. The number of halogens is 2. The summed E-state index contributed by atoms with van der Waals surface area (Å²) < 4.78 is 7.06. The molecule has 0 aliphatic rings. The third kappa shape index (κ3) is 1.48. The molecule has 1 heterocycles. The quantitative estimate of drug-likeness (QED) is 0.719. The molecule has 0 saturated heterocycles. The van der Waals surface area contributed by atoms with Crippen LogP contribution < -0.4 is 4.74 Å². The molecule has 1 aromatic heterocycles. The summed E-state index contributed by atoms with van der Waals surface area (Å²) in [5.74, 6) is 1.21. The van der Waals surface area contributed by atoms with Crippen molar-refractivity contribution in [1.29, 1.82) is 0 Å². The molecule has 2 aromatic rings. The molecule has 1 nitrogen and oxygen atoms in total. The Morgan fingerprint density at radius 2 is 2.21 bits per heavy atom. The zero-order valence-electron chi connectivity index (χ0n) is 7.51. The van der Waals surface area contributed by atoms with Gasteiger partial charge in [-0.3, -0.25) is 0 Å². The van der Waals surface area contributed by atoms with Crippen LogP contribution in [0.4, 0.5) is 0 Å². The minimum absolute atomic E-state index is 0.473. The average molecular weight is 247 g/mol. The maximum atomic E-state index is 6.05. The number of hydrogen-bond donors (Lipinski definition) is 0. The lowest BCUT2D eigenvalue weighted by Gasteiger charge is -2.01. The van der Waals surface area contributed by atoms with Crippen molar-refractivity contribution in [2.24, 2.45) is 0 Å². The van der Waals surface area contributed by atoms with Crippen LogP contribution in [0.5, 0.6) is 5.75 Å². The Morgan fingerprint density at radius 1 is 1.43 bits per heavy atom. The molecular formula is C10H8Cl2OS. The highest BCUT2D eigenvalue weighted by Gasteiger charge is 2.13. The van der Waals surface area contributed by atoms with E-state index in [0.717, 1.165) is 21.4 Å². The van der Waals surface area contributed by atoms with Crippen LogP contribution in [0, 0.1) is 0 Å². The van der Waals surface area contributed by atoms with E-state index in [9.17, 15) is 0 Å². The Labute approximate surface area is 96.2 Å². The third-order valence-corrected chi connectivity index (χ3v) is 3.68. The minimum atomic E-state index is 0.473. The summed E-state index contributed by atoms with van der Waals surface area (Å²) in [6, 6.07) is 5.98. The van der Waals surface area contributed by atoms with E-state index in [0.29, 0.717) is 10.2 Å². The number of methoxy groups -OCH3 is 1. The minimum Gasteiger partial charge on any atom is -0.494 e. The lowest BCUT2D eigenvalue weighted by atomic mass is 10.1. The second-order valence-electron chi connectivity index (χ2n) is 2.83. The lowest BCUT2D eigenvalue weighted by Crippen LogP contribution is -1.84. The Bertz CT molecular complexity index is 464. The Morgan fingerprint density at radius 3 is 2.86 bits per heavy atom. The van der Waals surface area contributed by atoms with Gasteiger partial charge in [0.1, 0.15) is 4.34 Å². The molecule has 0 atom stereocenters. The fourth-order valence-corrected chi connectivity index (χ4v) is 3.04. The van der Waals surface area contributed by atoms with Gasteiger partial charge in [0.2, 0.25) is 0 Å². The smallest absolute Gasteiger partial charge is 0.156 e. The van der Waals surface area contributed by atoms with Gasteiger partial charge in [-0.05, 0) is 11.6 Å². The molecular weight excluding hydrogens is 239 g/mol. The number of benzene rings is 1. The molecule has 74 valence electrons. The van der Waals surface area contributed by atoms with Gasteiger partial charge in [-0.1, -0.05) is 23.7 Å². The van der Waals surface area contributed by atoms with Gasteiger partial charge >= 0.3 is 0 Å². The predicted molar refractivity (Wildman–Crippen MR) is 62.9 cm³/mol. The summed E-state index contributed by atoms with van der Waals surface area (Å²) in [6.45, 7) is 0. The maximum absolute atomic E-state index is 6.05. The van der Waals surface area contributed by atoms with Crippen molar-refractivity contribution < 1.29 is 4.74 Å². The van der Waals surface area contributed by atoms with Crippen LogP contribution >= 0.6 is 34.5 Å². The molecule has 0 N–H and O–H groups in total. The topological polar surface area (TPSA) is 9.23 Å². The summed E-state index contributed by atoms with van der Waals surface area (Å²) >= 11 is 13.4. The molecule has 0 fully saturated rings. The second-order valence-corrected chi connectivity index (χ2v) is 4.75. The van der Waals surface area contributed by atoms with Crippen molar-refractivity contribution in [2.45, 2.75) is 5.88 Å². The summed E-state index contributed by atoms with van der Waals surface area (Å²) in [4.78, 5) is 0. The highest BCUT2D eigenvalue weighted by atomic mass is 35.5. The van der Waals surface area contributed by atoms with Crippen LogP contribution in [0.25, 0.3) is 10.1 Å². The van der Waals surface area contributed by atoms with E-state index in [1.165, 1.54) is 11.3 Å². The molecule has 0 aliphatic carbocycles.